The van der Waals surface area contributed by atoms with Gasteiger partial charge in [-0.05, 0) is 78.4 Å². The van der Waals surface area contributed by atoms with Crippen LogP contribution in [0.2, 0.25) is 0 Å². The number of rotatable bonds is 11. The van der Waals surface area contributed by atoms with Crippen molar-refractivity contribution in [3.63, 3.8) is 0 Å². The molecule has 0 aromatic heterocycles. The highest BCUT2D eigenvalue weighted by molar-refractivity contribution is 14.1. The van der Waals surface area contributed by atoms with Crippen molar-refractivity contribution in [1.82, 2.24) is 10.2 Å². The van der Waals surface area contributed by atoms with Gasteiger partial charge in [-0.2, -0.15) is 0 Å². The summed E-state index contributed by atoms with van der Waals surface area (Å²) in [6.07, 6.45) is 1.10. The fraction of sp³-hybridized carbons (Fsp3) is 0.458. The number of nitrogens with zero attached hydrogens (tertiary/aromatic N) is 1. The van der Waals surface area contributed by atoms with Crippen LogP contribution in [0.25, 0.3) is 0 Å². The molecule has 1 amide bonds. The lowest BCUT2D eigenvalue weighted by atomic mass is 10.2. The molecule has 0 bridgehead atoms. The fourth-order valence-electron chi connectivity index (χ4n) is 3.54. The number of hydrogen-bond donors (Lipinski definition) is 2. The molecule has 0 aliphatic carbocycles. The van der Waals surface area contributed by atoms with Crippen molar-refractivity contribution < 1.29 is 19.0 Å². The van der Waals surface area contributed by atoms with E-state index in [-0.39, 0.29) is 24.9 Å². The van der Waals surface area contributed by atoms with E-state index < -0.39 is 0 Å². The van der Waals surface area contributed by atoms with Crippen LogP contribution in [0.3, 0.4) is 0 Å². The number of para-hydroxylation sites is 1. The molecule has 33 heavy (non-hydrogen) atoms. The predicted octanol–water partition coefficient (Wildman–Crippen LogP) is 3.86. The number of hydrogen-bond acceptors (Lipinski definition) is 6. The van der Waals surface area contributed by atoms with Crippen molar-refractivity contribution in [2.45, 2.75) is 19.9 Å². The average molecular weight is 590 g/mol. The van der Waals surface area contributed by atoms with Crippen molar-refractivity contribution in [2.24, 2.45) is 0 Å². The van der Waals surface area contributed by atoms with Crippen LogP contribution < -0.4 is 20.1 Å². The number of morpholine rings is 1. The summed E-state index contributed by atoms with van der Waals surface area (Å²) in [7, 11) is 1.62. The molecule has 0 radical (unpaired) electrons. The number of carbonyl (C=O) groups is 1. The van der Waals surface area contributed by atoms with Crippen LogP contribution in [0.15, 0.2) is 36.4 Å². The third kappa shape index (κ3) is 8.94. The summed E-state index contributed by atoms with van der Waals surface area (Å²) in [6, 6.07) is 11.7. The molecule has 0 saturated carbocycles. The van der Waals surface area contributed by atoms with Gasteiger partial charge in [-0.3, -0.25) is 9.69 Å². The molecule has 0 spiro atoms. The van der Waals surface area contributed by atoms with Gasteiger partial charge in [0.25, 0.3) is 5.91 Å². The number of aryl methyl sites for hydroxylation is 1. The van der Waals surface area contributed by atoms with E-state index in [0.717, 1.165) is 72.7 Å². The van der Waals surface area contributed by atoms with Crippen LogP contribution in [0.1, 0.15) is 17.5 Å². The molecule has 0 unspecified atom stereocenters. The van der Waals surface area contributed by atoms with E-state index in [1.54, 1.807) is 7.11 Å². The summed E-state index contributed by atoms with van der Waals surface area (Å²) in [5.41, 5.74) is 2.92. The monoisotopic (exact) mass is 589 g/mol. The average Bonchev–Trinajstić information content (AvgIpc) is 2.80. The van der Waals surface area contributed by atoms with Gasteiger partial charge in [0.1, 0.15) is 0 Å². The van der Waals surface area contributed by atoms with Crippen LogP contribution in [-0.4, -0.2) is 63.9 Å². The second kappa shape index (κ2) is 14.6. The summed E-state index contributed by atoms with van der Waals surface area (Å²) in [6.45, 7) is 8.41. The number of methoxy groups -OCH3 is 1. The SMILES string of the molecule is COc1cc(CNCCCN2CCOCC2)cc(I)c1OCC(=O)Nc1ccccc1C.Cl. The van der Waals surface area contributed by atoms with E-state index in [9.17, 15) is 4.79 Å². The molecule has 0 atom stereocenters. The van der Waals surface area contributed by atoms with Gasteiger partial charge in [-0.25, -0.2) is 0 Å². The van der Waals surface area contributed by atoms with Crippen LogP contribution in [0, 0.1) is 10.5 Å². The standard InChI is InChI=1S/C24H32IN3O4.ClH/c1-18-6-3-4-7-21(18)27-23(29)17-32-24-20(25)14-19(15-22(24)30-2)16-26-8-5-9-28-10-12-31-13-11-28;/h3-4,6-7,14-15,26H,5,8-13,16-17H2,1-2H3,(H,27,29);1H. The fourth-order valence-corrected chi connectivity index (χ4v) is 4.36. The molecule has 1 heterocycles. The largest absolute Gasteiger partial charge is 0.493 e. The lowest BCUT2D eigenvalue weighted by Crippen LogP contribution is -2.37. The van der Waals surface area contributed by atoms with E-state index in [0.29, 0.717) is 11.5 Å². The number of halogens is 2. The van der Waals surface area contributed by atoms with Gasteiger partial charge in [-0.15, -0.1) is 12.4 Å². The van der Waals surface area contributed by atoms with Gasteiger partial charge in [0.15, 0.2) is 18.1 Å². The van der Waals surface area contributed by atoms with Crippen molar-refractivity contribution in [1.29, 1.82) is 0 Å². The Morgan fingerprint density at radius 3 is 2.70 bits per heavy atom. The molecule has 9 heteroatoms. The second-order valence-corrected chi connectivity index (χ2v) is 8.91. The van der Waals surface area contributed by atoms with E-state index in [1.807, 2.05) is 37.3 Å². The first-order valence-electron chi connectivity index (χ1n) is 10.9. The third-order valence-electron chi connectivity index (χ3n) is 5.32. The van der Waals surface area contributed by atoms with Gasteiger partial charge in [0.05, 0.1) is 23.9 Å². The number of ether oxygens (including phenoxy) is 3. The quantitative estimate of drug-likeness (QED) is 0.307. The normalized spacial score (nSPS) is 13.8. The maximum atomic E-state index is 12.3. The van der Waals surface area contributed by atoms with E-state index >= 15 is 0 Å². The molecule has 7 nitrogen and oxygen atoms in total. The number of anilines is 1. The maximum Gasteiger partial charge on any atom is 0.262 e. The van der Waals surface area contributed by atoms with Crippen LogP contribution in [0.5, 0.6) is 11.5 Å². The zero-order valence-corrected chi connectivity index (χ0v) is 22.2. The van der Waals surface area contributed by atoms with Crippen molar-refractivity contribution >= 4 is 46.6 Å². The van der Waals surface area contributed by atoms with Crippen LogP contribution in [0.4, 0.5) is 5.69 Å². The molecule has 3 rings (SSSR count). The van der Waals surface area contributed by atoms with Gasteiger partial charge in [-0.1, -0.05) is 18.2 Å². The molecule has 1 saturated heterocycles. The highest BCUT2D eigenvalue weighted by Gasteiger charge is 2.14. The van der Waals surface area contributed by atoms with Crippen molar-refractivity contribution in [2.75, 3.05) is 58.4 Å². The predicted molar refractivity (Wildman–Crippen MR) is 142 cm³/mol. The first-order valence-corrected chi connectivity index (χ1v) is 12.0. The van der Waals surface area contributed by atoms with Gasteiger partial charge in [0.2, 0.25) is 0 Å². The summed E-state index contributed by atoms with van der Waals surface area (Å²) in [5.74, 6) is 1.01. The Morgan fingerprint density at radius 2 is 1.97 bits per heavy atom. The topological polar surface area (TPSA) is 72.1 Å². The summed E-state index contributed by atoms with van der Waals surface area (Å²) < 4.78 is 17.7. The first-order chi connectivity index (χ1) is 15.6. The summed E-state index contributed by atoms with van der Waals surface area (Å²) in [4.78, 5) is 14.8. The molecule has 1 aliphatic rings. The molecule has 2 N–H and O–H groups in total. The minimum Gasteiger partial charge on any atom is -0.493 e. The number of carbonyl (C=O) groups excluding carboxylic acids is 1. The van der Waals surface area contributed by atoms with Gasteiger partial charge in [0, 0.05) is 25.3 Å². The Hall–Kier alpha value is -1.59. The zero-order chi connectivity index (χ0) is 22.8. The Bertz CT molecular complexity index is 894. The van der Waals surface area contributed by atoms with E-state index in [2.05, 4.69) is 44.2 Å². The molecule has 1 fully saturated rings. The zero-order valence-electron chi connectivity index (χ0n) is 19.2. The van der Waals surface area contributed by atoms with E-state index in [4.69, 9.17) is 14.2 Å². The minimum absolute atomic E-state index is 0. The second-order valence-electron chi connectivity index (χ2n) is 7.75. The third-order valence-corrected chi connectivity index (χ3v) is 6.12. The molecule has 1 aliphatic heterocycles. The number of amides is 1. The minimum atomic E-state index is -0.205. The smallest absolute Gasteiger partial charge is 0.262 e. The molecule has 182 valence electrons. The summed E-state index contributed by atoms with van der Waals surface area (Å²) >= 11 is 2.23. The van der Waals surface area contributed by atoms with E-state index in [1.165, 1.54) is 0 Å². The molecular formula is C24H33ClIN3O4. The Kier molecular flexibility index (Phi) is 12.3. The highest BCUT2D eigenvalue weighted by atomic mass is 127. The van der Waals surface area contributed by atoms with Gasteiger partial charge < -0.3 is 24.8 Å². The number of benzene rings is 2. The lowest BCUT2D eigenvalue weighted by molar-refractivity contribution is -0.118. The number of nitrogens with one attached hydrogen (secondary N) is 2. The van der Waals surface area contributed by atoms with Gasteiger partial charge >= 0.3 is 0 Å². The first kappa shape index (κ1) is 27.7. The highest BCUT2D eigenvalue weighted by Crippen LogP contribution is 2.34. The Balaban J connectivity index is 0.00000385. The van der Waals surface area contributed by atoms with Crippen LogP contribution >= 0.6 is 35.0 Å². The van der Waals surface area contributed by atoms with Crippen molar-refractivity contribution in [3.05, 3.63) is 51.1 Å². The molecule has 2 aromatic rings. The molecular weight excluding hydrogens is 557 g/mol. The lowest BCUT2D eigenvalue weighted by Gasteiger charge is -2.26. The van der Waals surface area contributed by atoms with Crippen LogP contribution in [-0.2, 0) is 16.1 Å². The maximum absolute atomic E-state index is 12.3. The molecule has 2 aromatic carbocycles. The Labute approximate surface area is 216 Å². The van der Waals surface area contributed by atoms with Crippen molar-refractivity contribution in [3.8, 4) is 11.5 Å². The summed E-state index contributed by atoms with van der Waals surface area (Å²) in [5, 5.41) is 6.38. The Morgan fingerprint density at radius 1 is 1.21 bits per heavy atom.